The van der Waals surface area contributed by atoms with E-state index in [1.54, 1.807) is 34.6 Å². The Morgan fingerprint density at radius 3 is 2.21 bits per heavy atom. The number of carbonyl (C=O) groups excluding carboxylic acids is 3. The molecule has 17 nitrogen and oxygen atoms in total. The fourth-order valence-electron chi connectivity index (χ4n) is 5.27. The van der Waals surface area contributed by atoms with Gasteiger partial charge in [0, 0.05) is 48.1 Å². The van der Waals surface area contributed by atoms with Crippen molar-refractivity contribution >= 4 is 39.2 Å². The van der Waals surface area contributed by atoms with Gasteiger partial charge in [0.05, 0.1) is 16.1 Å². The molecule has 3 aromatic heterocycles. The number of amides is 2. The predicted octanol–water partition coefficient (Wildman–Crippen LogP) is 3.55. The molecule has 58 heavy (non-hydrogen) atoms. The molecule has 306 valence electrons. The topological polar surface area (TPSA) is 231 Å². The van der Waals surface area contributed by atoms with Gasteiger partial charge >= 0.3 is 17.5 Å². The number of nitrogens with one attached hydrogen (secondary N) is 3. The molecule has 0 aliphatic rings. The first-order valence-electron chi connectivity index (χ1n) is 17.3. The fraction of sp³-hybridized carbons (Fsp3) is 0.289. The monoisotopic (exact) mass is 824 g/mol. The molecule has 20 heteroatoms. The molecule has 0 saturated carbocycles. The van der Waals surface area contributed by atoms with Gasteiger partial charge in [0.15, 0.2) is 18.1 Å². The maximum atomic E-state index is 15.4. The second-order valence-electron chi connectivity index (χ2n) is 14.1. The average molecular weight is 825 g/mol. The van der Waals surface area contributed by atoms with E-state index in [1.165, 1.54) is 49.0 Å². The second-order valence-corrected chi connectivity index (χ2v) is 15.8. The molecule has 3 heterocycles. The maximum absolute atomic E-state index is 15.4. The number of halogens is 2. The number of nitrogens with zero attached hydrogens (tertiary/aromatic N) is 3. The average Bonchev–Trinajstić information content (AvgIpc) is 3.49. The van der Waals surface area contributed by atoms with Crippen LogP contribution in [-0.4, -0.2) is 46.4 Å². The number of pyridine rings is 1. The molecule has 0 fully saturated rings. The van der Waals surface area contributed by atoms with Gasteiger partial charge in [-0.3, -0.25) is 19.1 Å². The van der Waals surface area contributed by atoms with Gasteiger partial charge in [-0.1, -0.05) is 26.8 Å². The van der Waals surface area contributed by atoms with Crippen molar-refractivity contribution in [2.75, 3.05) is 10.0 Å². The van der Waals surface area contributed by atoms with Crippen molar-refractivity contribution < 1.29 is 45.2 Å². The summed E-state index contributed by atoms with van der Waals surface area (Å²) in [6.45, 7) is 9.01. The number of benzene rings is 2. The number of hydrogen-bond donors (Lipinski definition) is 3. The van der Waals surface area contributed by atoms with E-state index >= 15 is 8.78 Å². The van der Waals surface area contributed by atoms with Crippen molar-refractivity contribution in [2.24, 2.45) is 12.5 Å². The third-order valence-electron chi connectivity index (χ3n) is 8.95. The molecule has 0 bridgehead atoms. The molecule has 2 aromatic carbocycles. The highest BCUT2D eigenvalue weighted by atomic mass is 32.2. The number of sulfonamides is 1. The normalized spacial score (nSPS) is 12.2. The molecular weight excluding hydrogens is 787 g/mol. The molecule has 3 N–H and O–H groups in total. The zero-order valence-corrected chi connectivity index (χ0v) is 33.0. The molecular formula is C38H38F2N6O11S. The van der Waals surface area contributed by atoms with Crippen LogP contribution in [0.15, 0.2) is 82.8 Å². The Hall–Kier alpha value is -6.70. The fourth-order valence-corrected chi connectivity index (χ4v) is 6.33. The number of hydrogen-bond acceptors (Lipinski definition) is 12. The Kier molecular flexibility index (Phi) is 12.0. The van der Waals surface area contributed by atoms with E-state index in [-0.39, 0.29) is 40.1 Å². The van der Waals surface area contributed by atoms with Crippen LogP contribution in [0, 0.1) is 37.8 Å². The van der Waals surface area contributed by atoms with Gasteiger partial charge in [-0.25, -0.2) is 41.1 Å². The lowest BCUT2D eigenvalue weighted by Gasteiger charge is -2.19. The first kappa shape index (κ1) is 42.4. The van der Waals surface area contributed by atoms with Gasteiger partial charge in [-0.2, -0.15) is 0 Å². The van der Waals surface area contributed by atoms with E-state index in [1.807, 2.05) is 4.72 Å². The van der Waals surface area contributed by atoms with Crippen molar-refractivity contribution in [3.63, 3.8) is 0 Å². The van der Waals surface area contributed by atoms with Crippen molar-refractivity contribution in [1.82, 2.24) is 19.4 Å². The molecule has 5 aromatic rings. The van der Waals surface area contributed by atoms with Crippen LogP contribution in [0.5, 0.6) is 0 Å². The van der Waals surface area contributed by atoms with Crippen LogP contribution in [0.2, 0.25) is 0 Å². The summed E-state index contributed by atoms with van der Waals surface area (Å²) < 4.78 is 75.8. The van der Waals surface area contributed by atoms with E-state index < -0.39 is 79.9 Å². The molecule has 0 aliphatic carbocycles. The largest absolute Gasteiger partial charge is 0.519 e. The van der Waals surface area contributed by atoms with Gasteiger partial charge in [0.2, 0.25) is 5.91 Å². The van der Waals surface area contributed by atoms with Crippen LogP contribution < -0.4 is 32.4 Å². The lowest BCUT2D eigenvalue weighted by atomic mass is 9.95. The van der Waals surface area contributed by atoms with Crippen LogP contribution in [0.3, 0.4) is 0 Å². The summed E-state index contributed by atoms with van der Waals surface area (Å²) in [7, 11) is -3.01. The summed E-state index contributed by atoms with van der Waals surface area (Å²) >= 11 is 0. The third kappa shape index (κ3) is 9.28. The zero-order chi connectivity index (χ0) is 42.9. The predicted molar refractivity (Wildman–Crippen MR) is 203 cm³/mol. The lowest BCUT2D eigenvalue weighted by molar-refractivity contribution is -0.147. The number of rotatable bonds is 12. The maximum Gasteiger partial charge on any atom is 0.519 e. The number of carbonyl (C=O) groups is 3. The number of anilines is 2. The minimum Gasteiger partial charge on any atom is -0.456 e. The Morgan fingerprint density at radius 1 is 0.948 bits per heavy atom. The smallest absolute Gasteiger partial charge is 0.456 e. The van der Waals surface area contributed by atoms with Gasteiger partial charge in [-0.05, 0) is 62.7 Å². The molecule has 5 rings (SSSR count). The van der Waals surface area contributed by atoms with Crippen molar-refractivity contribution in [3.05, 3.63) is 132 Å². The summed E-state index contributed by atoms with van der Waals surface area (Å²) in [5.41, 5.74) is -2.40. The molecule has 0 aliphatic heterocycles. The number of esters is 1. The van der Waals surface area contributed by atoms with Gasteiger partial charge < -0.3 is 28.8 Å². The Morgan fingerprint density at radius 2 is 1.62 bits per heavy atom. The van der Waals surface area contributed by atoms with E-state index in [4.69, 9.17) is 13.6 Å². The Labute approximate surface area is 328 Å². The molecule has 1 atom stereocenters. The van der Waals surface area contributed by atoms with Crippen LogP contribution >= 0.6 is 0 Å². The van der Waals surface area contributed by atoms with Gasteiger partial charge in [0.1, 0.15) is 23.5 Å². The van der Waals surface area contributed by atoms with Crippen LogP contribution in [0.4, 0.5) is 20.2 Å². The van der Waals surface area contributed by atoms with Crippen LogP contribution in [0.25, 0.3) is 5.82 Å². The van der Waals surface area contributed by atoms with E-state index in [0.717, 1.165) is 16.7 Å². The van der Waals surface area contributed by atoms with E-state index in [2.05, 4.69) is 15.6 Å². The SMILES string of the molecule is Cc1oc(=O)oc1COC(=O)[C@H](Cc1ccc(-n2c(=O)c(C)c(C)n(C)c2=O)nc1)NC(=O)c1cc(F)c(NS(=O)(=O)c2ccc(NC(=O)C(C)(C)C)cc2)cc1F. The first-order chi connectivity index (χ1) is 27.1. The Balaban J connectivity index is 1.37. The summed E-state index contributed by atoms with van der Waals surface area (Å²) in [5.74, 6) is -6.67. The van der Waals surface area contributed by atoms with Crippen molar-refractivity contribution in [3.8, 4) is 5.82 Å². The van der Waals surface area contributed by atoms with Crippen molar-refractivity contribution in [1.29, 1.82) is 0 Å². The lowest BCUT2D eigenvalue weighted by Crippen LogP contribution is -2.43. The molecule has 0 radical (unpaired) electrons. The van der Waals surface area contributed by atoms with Crippen LogP contribution in [0.1, 0.15) is 59.5 Å². The minimum atomic E-state index is -4.50. The Bertz CT molecular complexity index is 2680. The molecule has 0 saturated heterocycles. The van der Waals surface area contributed by atoms with E-state index in [0.29, 0.717) is 29.1 Å². The standard InChI is InChI=1S/C38H38F2N6O11S/c1-19-20(2)45(7)36(51)46(33(19)48)31-13-8-22(17-41-31)14-29(34(49)55-18-30-21(3)56-37(52)57-30)43-32(47)25-15-27(40)28(16-26(25)39)44-58(53,54)24-11-9-23(10-12-24)42-35(50)38(4,5)6/h8-13,15-17,29,44H,14,18H2,1-7H3,(H,42,50)(H,43,47)/t29-/m0/s1. The summed E-state index contributed by atoms with van der Waals surface area (Å²) in [6.07, 6.45) is 0.853. The summed E-state index contributed by atoms with van der Waals surface area (Å²) in [5, 5.41) is 4.91. The number of aryl methyl sites for hydroxylation is 1. The van der Waals surface area contributed by atoms with E-state index in [9.17, 15) is 37.2 Å². The summed E-state index contributed by atoms with van der Waals surface area (Å²) in [4.78, 5) is 80.1. The molecule has 0 spiro atoms. The summed E-state index contributed by atoms with van der Waals surface area (Å²) in [6, 6.07) is 6.91. The molecule has 0 unspecified atom stereocenters. The highest BCUT2D eigenvalue weighted by molar-refractivity contribution is 7.92. The number of ether oxygens (including phenoxy) is 1. The van der Waals surface area contributed by atoms with Gasteiger partial charge in [0.25, 0.3) is 21.5 Å². The highest BCUT2D eigenvalue weighted by Crippen LogP contribution is 2.25. The quantitative estimate of drug-likeness (QED) is 0.153. The zero-order valence-electron chi connectivity index (χ0n) is 32.2. The van der Waals surface area contributed by atoms with Gasteiger partial charge in [-0.15, -0.1) is 0 Å². The minimum absolute atomic E-state index is 0.0146. The number of aromatic nitrogens is 3. The molecule has 2 amide bonds. The van der Waals surface area contributed by atoms with Crippen molar-refractivity contribution in [2.45, 2.75) is 65.5 Å². The highest BCUT2D eigenvalue weighted by Gasteiger charge is 2.28. The third-order valence-corrected chi connectivity index (χ3v) is 10.3. The second kappa shape index (κ2) is 16.4. The van der Waals surface area contributed by atoms with Crippen LogP contribution in [-0.2, 0) is 44.4 Å². The first-order valence-corrected chi connectivity index (χ1v) is 18.8.